The lowest BCUT2D eigenvalue weighted by molar-refractivity contribution is 0.117. The first-order valence-corrected chi connectivity index (χ1v) is 11.5. The predicted octanol–water partition coefficient (Wildman–Crippen LogP) is 5.30. The highest BCUT2D eigenvalue weighted by Gasteiger charge is 2.21. The summed E-state index contributed by atoms with van der Waals surface area (Å²) in [4.78, 5) is 14.5. The van der Waals surface area contributed by atoms with Crippen molar-refractivity contribution < 1.29 is 9.84 Å². The average Bonchev–Trinajstić information content (AvgIpc) is 3.13. The van der Waals surface area contributed by atoms with Crippen LogP contribution in [0.4, 0.5) is 0 Å². The zero-order valence-corrected chi connectivity index (χ0v) is 20.8. The highest BCUT2D eigenvalue weighted by atomic mass is 35.5. The molecule has 0 aliphatic heterocycles. The number of aromatic nitrogens is 3. The van der Waals surface area contributed by atoms with Gasteiger partial charge in [0.2, 0.25) is 0 Å². The van der Waals surface area contributed by atoms with Gasteiger partial charge < -0.3 is 19.7 Å². The summed E-state index contributed by atoms with van der Waals surface area (Å²) in [5, 5.41) is 13.3. The average molecular weight is 480 g/mol. The van der Waals surface area contributed by atoms with Gasteiger partial charge in [0.05, 0.1) is 16.2 Å². The molecular weight excluding hydrogens is 450 g/mol. The fourth-order valence-corrected chi connectivity index (χ4v) is 4.25. The van der Waals surface area contributed by atoms with Crippen LogP contribution in [0.3, 0.4) is 0 Å². The maximum atomic E-state index is 9.66. The minimum atomic E-state index is -0.610. The van der Waals surface area contributed by atoms with Crippen molar-refractivity contribution >= 4 is 22.8 Å². The van der Waals surface area contributed by atoms with E-state index >= 15 is 0 Å². The van der Waals surface area contributed by atoms with E-state index in [4.69, 9.17) is 21.3 Å². The third kappa shape index (κ3) is 5.56. The predicted molar refractivity (Wildman–Crippen MR) is 136 cm³/mol. The first-order chi connectivity index (χ1) is 16.1. The molecule has 0 saturated heterocycles. The van der Waals surface area contributed by atoms with E-state index < -0.39 is 6.23 Å². The molecular formula is C26H30ClN5O2. The Balaban J connectivity index is 1.57. The normalized spacial score (nSPS) is 12.9. The van der Waals surface area contributed by atoms with Gasteiger partial charge >= 0.3 is 6.01 Å². The summed E-state index contributed by atoms with van der Waals surface area (Å²) < 4.78 is 5.94. The van der Waals surface area contributed by atoms with Gasteiger partial charge in [0, 0.05) is 17.6 Å². The minimum Gasteiger partial charge on any atom is -0.426 e. The van der Waals surface area contributed by atoms with Crippen molar-refractivity contribution in [1.82, 2.24) is 25.2 Å². The van der Waals surface area contributed by atoms with Crippen LogP contribution in [0.15, 0.2) is 54.6 Å². The molecule has 1 atom stereocenters. The lowest BCUT2D eigenvalue weighted by atomic mass is 9.94. The monoisotopic (exact) mass is 479 g/mol. The van der Waals surface area contributed by atoms with E-state index in [1.54, 1.807) is 6.92 Å². The largest absolute Gasteiger partial charge is 0.426 e. The SMILES string of the molecule is CC(O)NC(C)(C)c1ccc(Oc2nc3nc(-c4cccc(CN(C)C)c4)c(Cl)cc3[nH]2)cc1. The van der Waals surface area contributed by atoms with Gasteiger partial charge in [-0.15, -0.1) is 0 Å². The van der Waals surface area contributed by atoms with Gasteiger partial charge in [0.25, 0.3) is 0 Å². The van der Waals surface area contributed by atoms with Crippen molar-refractivity contribution in [2.75, 3.05) is 14.1 Å². The first kappa shape index (κ1) is 24.2. The number of halogens is 1. The molecule has 7 nitrogen and oxygen atoms in total. The summed E-state index contributed by atoms with van der Waals surface area (Å²) in [5.74, 6) is 0.637. The summed E-state index contributed by atoms with van der Waals surface area (Å²) in [6, 6.07) is 18.0. The van der Waals surface area contributed by atoms with Gasteiger partial charge in [-0.1, -0.05) is 41.9 Å². The van der Waals surface area contributed by atoms with Crippen molar-refractivity contribution in [1.29, 1.82) is 0 Å². The summed E-state index contributed by atoms with van der Waals surface area (Å²) in [5.41, 5.74) is 4.69. The number of aromatic amines is 1. The molecule has 0 amide bonds. The molecule has 0 bridgehead atoms. The standard InChI is InChI=1S/C26H30ClN5O2/c1-16(33)31-26(2,3)19-9-11-20(12-10-19)34-25-28-22-14-21(27)23(29-24(22)30-25)18-8-6-7-17(13-18)15-32(4)5/h6-14,16,31,33H,15H2,1-5H3,(H,28,29,30). The number of benzene rings is 2. The Hall–Kier alpha value is -2.97. The number of imidazole rings is 1. The second kappa shape index (κ2) is 9.72. The maximum absolute atomic E-state index is 9.66. The molecule has 0 radical (unpaired) electrons. The van der Waals surface area contributed by atoms with Gasteiger partial charge in [-0.3, -0.25) is 5.32 Å². The molecule has 4 rings (SSSR count). The number of nitrogens with one attached hydrogen (secondary N) is 2. The number of hydrogen-bond donors (Lipinski definition) is 3. The first-order valence-electron chi connectivity index (χ1n) is 11.2. The van der Waals surface area contributed by atoms with Crippen LogP contribution in [0.25, 0.3) is 22.4 Å². The van der Waals surface area contributed by atoms with Crippen molar-refractivity contribution in [3.8, 4) is 23.0 Å². The molecule has 2 heterocycles. The highest BCUT2D eigenvalue weighted by Crippen LogP contribution is 2.31. The molecule has 0 fully saturated rings. The molecule has 4 aromatic rings. The fourth-order valence-electron chi connectivity index (χ4n) is 3.99. The molecule has 2 aromatic heterocycles. The van der Waals surface area contributed by atoms with Crippen LogP contribution in [-0.2, 0) is 12.1 Å². The van der Waals surface area contributed by atoms with E-state index in [2.05, 4.69) is 32.3 Å². The summed E-state index contributed by atoms with van der Waals surface area (Å²) in [6.45, 7) is 6.56. The number of nitrogens with zero attached hydrogens (tertiary/aromatic N) is 3. The molecule has 0 aliphatic rings. The molecule has 0 spiro atoms. The zero-order valence-electron chi connectivity index (χ0n) is 20.1. The number of pyridine rings is 1. The zero-order chi connectivity index (χ0) is 24.5. The van der Waals surface area contributed by atoms with Crippen molar-refractivity contribution in [2.24, 2.45) is 0 Å². The number of H-pyrrole nitrogens is 1. The van der Waals surface area contributed by atoms with Crippen molar-refractivity contribution in [3.05, 3.63) is 70.7 Å². The molecule has 2 aromatic carbocycles. The van der Waals surface area contributed by atoms with Gasteiger partial charge in [-0.2, -0.15) is 4.98 Å². The Labute approximate surface area is 204 Å². The molecule has 8 heteroatoms. The third-order valence-corrected chi connectivity index (χ3v) is 5.75. The van der Waals surface area contributed by atoms with E-state index in [1.165, 1.54) is 5.56 Å². The Bertz CT molecular complexity index is 1280. The Morgan fingerprint density at radius 1 is 1.12 bits per heavy atom. The van der Waals surface area contributed by atoms with Crippen molar-refractivity contribution in [2.45, 2.75) is 39.1 Å². The second-order valence-electron chi connectivity index (χ2n) is 9.24. The number of rotatable bonds is 8. The Kier molecular flexibility index (Phi) is 6.91. The van der Waals surface area contributed by atoms with Crippen LogP contribution in [0.1, 0.15) is 31.9 Å². The number of aliphatic hydroxyl groups is 1. The quantitative estimate of drug-likeness (QED) is 0.297. The third-order valence-electron chi connectivity index (χ3n) is 5.46. The second-order valence-corrected chi connectivity index (χ2v) is 9.65. The fraction of sp³-hybridized carbons (Fsp3) is 0.308. The number of hydrogen-bond acceptors (Lipinski definition) is 6. The van der Waals surface area contributed by atoms with E-state index in [0.29, 0.717) is 33.6 Å². The van der Waals surface area contributed by atoms with Crippen LogP contribution in [0.2, 0.25) is 5.02 Å². The van der Waals surface area contributed by atoms with Crippen LogP contribution in [0.5, 0.6) is 11.8 Å². The van der Waals surface area contributed by atoms with E-state index in [-0.39, 0.29) is 5.54 Å². The Morgan fingerprint density at radius 2 is 1.85 bits per heavy atom. The van der Waals surface area contributed by atoms with Crippen molar-refractivity contribution in [3.63, 3.8) is 0 Å². The molecule has 34 heavy (non-hydrogen) atoms. The highest BCUT2D eigenvalue weighted by molar-refractivity contribution is 6.33. The van der Waals surface area contributed by atoms with Crippen LogP contribution in [-0.4, -0.2) is 45.3 Å². The molecule has 178 valence electrons. The van der Waals surface area contributed by atoms with E-state index in [1.807, 2.05) is 70.4 Å². The smallest absolute Gasteiger partial charge is 0.301 e. The van der Waals surface area contributed by atoms with Crippen LogP contribution >= 0.6 is 11.6 Å². The number of aliphatic hydroxyl groups excluding tert-OH is 1. The lowest BCUT2D eigenvalue weighted by Gasteiger charge is -2.28. The Morgan fingerprint density at radius 3 is 2.53 bits per heavy atom. The number of ether oxygens (including phenoxy) is 1. The molecule has 3 N–H and O–H groups in total. The van der Waals surface area contributed by atoms with Gasteiger partial charge in [0.15, 0.2) is 5.65 Å². The molecule has 0 saturated carbocycles. The van der Waals surface area contributed by atoms with Crippen LogP contribution < -0.4 is 10.1 Å². The molecule has 1 unspecified atom stereocenters. The summed E-state index contributed by atoms with van der Waals surface area (Å²) in [7, 11) is 4.08. The van der Waals surface area contributed by atoms with E-state index in [9.17, 15) is 5.11 Å². The summed E-state index contributed by atoms with van der Waals surface area (Å²) in [6.07, 6.45) is -0.610. The van der Waals surface area contributed by atoms with E-state index in [0.717, 1.165) is 17.7 Å². The van der Waals surface area contributed by atoms with Gasteiger partial charge in [0.1, 0.15) is 12.0 Å². The lowest BCUT2D eigenvalue weighted by Crippen LogP contribution is -2.42. The minimum absolute atomic E-state index is 0.339. The van der Waals surface area contributed by atoms with Gasteiger partial charge in [-0.05, 0) is 70.3 Å². The van der Waals surface area contributed by atoms with Gasteiger partial charge in [-0.25, -0.2) is 4.98 Å². The topological polar surface area (TPSA) is 86.3 Å². The molecule has 0 aliphatic carbocycles. The van der Waals surface area contributed by atoms with Crippen LogP contribution in [0, 0.1) is 0 Å². The summed E-state index contributed by atoms with van der Waals surface area (Å²) >= 11 is 6.58. The number of fused-ring (bicyclic) bond motifs is 1. The maximum Gasteiger partial charge on any atom is 0.301 e.